The van der Waals surface area contributed by atoms with Gasteiger partial charge >= 0.3 is 0 Å². The SMILES string of the molecule is O=C(CCc1cnn(-c2ccccc2)c1)N1CCCc2cc(S(=O)(=O)N3CCCC3)ccc21. The Bertz CT molecular complexity index is 1250. The maximum atomic E-state index is 13.1. The lowest BCUT2D eigenvalue weighted by atomic mass is 10.0. The minimum atomic E-state index is -3.46. The lowest BCUT2D eigenvalue weighted by molar-refractivity contribution is -0.118. The van der Waals surface area contributed by atoms with E-state index in [9.17, 15) is 13.2 Å². The Hall–Kier alpha value is -2.97. The number of fused-ring (bicyclic) bond motifs is 1. The van der Waals surface area contributed by atoms with Crippen molar-refractivity contribution < 1.29 is 13.2 Å². The molecule has 0 bridgehead atoms. The Kier molecular flexibility index (Phi) is 6.03. The van der Waals surface area contributed by atoms with Crippen LogP contribution in [-0.2, 0) is 27.7 Å². The Balaban J connectivity index is 1.28. The van der Waals surface area contributed by atoms with Crippen LogP contribution in [-0.4, -0.2) is 48.0 Å². The van der Waals surface area contributed by atoms with Crippen molar-refractivity contribution >= 4 is 21.6 Å². The van der Waals surface area contributed by atoms with Gasteiger partial charge in [-0.05, 0) is 73.6 Å². The standard InChI is InChI=1S/C25H28N4O3S/c30-25(13-10-20-18-26-29(19-20)22-8-2-1-3-9-22)28-16-6-7-21-17-23(11-12-24(21)28)33(31,32)27-14-4-5-15-27/h1-3,8-9,11-12,17-19H,4-7,10,13-16H2. The quantitative estimate of drug-likeness (QED) is 0.559. The van der Waals surface area contributed by atoms with Crippen molar-refractivity contribution in [3.05, 3.63) is 72.1 Å². The normalized spacial score (nSPS) is 16.7. The Labute approximate surface area is 194 Å². The molecule has 1 saturated heterocycles. The van der Waals surface area contributed by atoms with Crippen LogP contribution in [0.3, 0.4) is 0 Å². The largest absolute Gasteiger partial charge is 0.312 e. The summed E-state index contributed by atoms with van der Waals surface area (Å²) >= 11 is 0. The molecule has 0 unspecified atom stereocenters. The van der Waals surface area contributed by atoms with Crippen molar-refractivity contribution in [2.75, 3.05) is 24.5 Å². The molecule has 1 amide bonds. The van der Waals surface area contributed by atoms with Crippen molar-refractivity contribution in [1.82, 2.24) is 14.1 Å². The van der Waals surface area contributed by atoms with Crippen LogP contribution >= 0.6 is 0 Å². The van der Waals surface area contributed by atoms with Crippen LogP contribution in [0.5, 0.6) is 0 Å². The second-order valence-electron chi connectivity index (χ2n) is 8.68. The van der Waals surface area contributed by atoms with E-state index in [-0.39, 0.29) is 5.91 Å². The number of carbonyl (C=O) groups excluding carboxylic acids is 1. The van der Waals surface area contributed by atoms with Crippen LogP contribution in [0.25, 0.3) is 5.69 Å². The van der Waals surface area contributed by atoms with Crippen LogP contribution < -0.4 is 4.90 Å². The molecule has 2 aliphatic rings. The van der Waals surface area contributed by atoms with Gasteiger partial charge in [0.25, 0.3) is 0 Å². The number of anilines is 1. The van der Waals surface area contributed by atoms with E-state index in [1.165, 1.54) is 0 Å². The first kappa shape index (κ1) is 21.9. The van der Waals surface area contributed by atoms with E-state index in [4.69, 9.17) is 0 Å². The smallest absolute Gasteiger partial charge is 0.243 e. The second-order valence-corrected chi connectivity index (χ2v) is 10.6. The fraction of sp³-hybridized carbons (Fsp3) is 0.360. The van der Waals surface area contributed by atoms with Crippen molar-refractivity contribution in [3.8, 4) is 5.69 Å². The number of rotatable bonds is 6. The summed E-state index contributed by atoms with van der Waals surface area (Å²) in [6.07, 6.45) is 8.20. The minimum Gasteiger partial charge on any atom is -0.312 e. The monoisotopic (exact) mass is 464 g/mol. The summed E-state index contributed by atoms with van der Waals surface area (Å²) < 4.78 is 29.3. The number of aromatic nitrogens is 2. The third-order valence-corrected chi connectivity index (χ3v) is 8.35. The first-order chi connectivity index (χ1) is 16.0. The summed E-state index contributed by atoms with van der Waals surface area (Å²) in [5, 5.41) is 4.41. The number of para-hydroxylation sites is 1. The topological polar surface area (TPSA) is 75.5 Å². The van der Waals surface area contributed by atoms with Gasteiger partial charge in [-0.25, -0.2) is 13.1 Å². The van der Waals surface area contributed by atoms with E-state index in [0.29, 0.717) is 37.4 Å². The van der Waals surface area contributed by atoms with E-state index in [0.717, 1.165) is 48.2 Å². The molecule has 0 aliphatic carbocycles. The zero-order valence-electron chi connectivity index (χ0n) is 18.6. The number of carbonyl (C=O) groups is 1. The van der Waals surface area contributed by atoms with E-state index >= 15 is 0 Å². The molecule has 1 aromatic heterocycles. The molecule has 0 radical (unpaired) electrons. The average molecular weight is 465 g/mol. The number of hydrogen-bond donors (Lipinski definition) is 0. The van der Waals surface area contributed by atoms with Crippen LogP contribution in [0, 0.1) is 0 Å². The number of sulfonamides is 1. The third kappa shape index (κ3) is 4.45. The van der Waals surface area contributed by atoms with Crippen molar-refractivity contribution in [2.45, 2.75) is 43.4 Å². The molecular weight excluding hydrogens is 436 g/mol. The summed E-state index contributed by atoms with van der Waals surface area (Å²) in [6.45, 7) is 1.84. The molecule has 7 nitrogen and oxygen atoms in total. The van der Waals surface area contributed by atoms with Gasteiger partial charge in [-0.3, -0.25) is 4.79 Å². The maximum absolute atomic E-state index is 13.1. The van der Waals surface area contributed by atoms with Crippen LogP contribution in [0.1, 0.15) is 36.8 Å². The highest BCUT2D eigenvalue weighted by Gasteiger charge is 2.29. The lowest BCUT2D eigenvalue weighted by Crippen LogP contribution is -2.36. The summed E-state index contributed by atoms with van der Waals surface area (Å²) in [5.74, 6) is 0.0542. The number of amides is 1. The molecule has 0 atom stereocenters. The second kappa shape index (κ2) is 9.11. The fourth-order valence-electron chi connectivity index (χ4n) is 4.67. The molecule has 0 saturated carbocycles. The molecule has 0 N–H and O–H groups in total. The third-order valence-electron chi connectivity index (χ3n) is 6.46. The van der Waals surface area contributed by atoms with Gasteiger partial charge < -0.3 is 4.90 Å². The number of benzene rings is 2. The van der Waals surface area contributed by atoms with Gasteiger partial charge in [0.1, 0.15) is 0 Å². The highest BCUT2D eigenvalue weighted by Crippen LogP contribution is 2.31. The molecule has 8 heteroatoms. The van der Waals surface area contributed by atoms with Gasteiger partial charge in [-0.1, -0.05) is 18.2 Å². The molecule has 5 rings (SSSR count). The summed E-state index contributed by atoms with van der Waals surface area (Å²) in [7, 11) is -3.46. The summed E-state index contributed by atoms with van der Waals surface area (Å²) in [6, 6.07) is 15.1. The first-order valence-corrected chi connectivity index (χ1v) is 13.0. The van der Waals surface area contributed by atoms with Gasteiger partial charge in [-0.15, -0.1) is 0 Å². The lowest BCUT2D eigenvalue weighted by Gasteiger charge is -2.30. The van der Waals surface area contributed by atoms with E-state index in [2.05, 4.69) is 5.10 Å². The van der Waals surface area contributed by atoms with Gasteiger partial charge in [-0.2, -0.15) is 9.40 Å². The zero-order valence-corrected chi connectivity index (χ0v) is 19.4. The van der Waals surface area contributed by atoms with E-state index in [1.54, 1.807) is 22.6 Å². The highest BCUT2D eigenvalue weighted by molar-refractivity contribution is 7.89. The Morgan fingerprint density at radius 2 is 1.76 bits per heavy atom. The number of hydrogen-bond acceptors (Lipinski definition) is 4. The molecule has 2 aliphatic heterocycles. The zero-order chi connectivity index (χ0) is 22.8. The minimum absolute atomic E-state index is 0.0542. The highest BCUT2D eigenvalue weighted by atomic mass is 32.2. The van der Waals surface area contributed by atoms with Gasteiger partial charge in [0, 0.05) is 37.9 Å². The van der Waals surface area contributed by atoms with Gasteiger partial charge in [0.05, 0.1) is 16.8 Å². The van der Waals surface area contributed by atoms with Crippen molar-refractivity contribution in [1.29, 1.82) is 0 Å². The Morgan fingerprint density at radius 3 is 2.55 bits per heavy atom. The predicted molar refractivity (Wildman–Crippen MR) is 127 cm³/mol. The summed E-state index contributed by atoms with van der Waals surface area (Å²) in [4.78, 5) is 15.2. The van der Waals surface area contributed by atoms with Crippen LogP contribution in [0.15, 0.2) is 65.8 Å². The average Bonchev–Trinajstić information content (AvgIpc) is 3.55. The number of nitrogens with zero attached hydrogens (tertiary/aromatic N) is 4. The van der Waals surface area contributed by atoms with Crippen molar-refractivity contribution in [3.63, 3.8) is 0 Å². The Morgan fingerprint density at radius 1 is 0.970 bits per heavy atom. The van der Waals surface area contributed by atoms with E-state index < -0.39 is 10.0 Å². The molecular formula is C25H28N4O3S. The molecule has 1 fully saturated rings. The maximum Gasteiger partial charge on any atom is 0.243 e. The van der Waals surface area contributed by atoms with Gasteiger partial charge in [0.2, 0.25) is 15.9 Å². The molecule has 3 heterocycles. The molecule has 2 aromatic carbocycles. The molecule has 33 heavy (non-hydrogen) atoms. The molecule has 172 valence electrons. The van der Waals surface area contributed by atoms with Crippen LogP contribution in [0.4, 0.5) is 5.69 Å². The summed E-state index contributed by atoms with van der Waals surface area (Å²) in [5.41, 5.74) is 3.77. The fourth-order valence-corrected chi connectivity index (χ4v) is 6.24. The molecule has 0 spiro atoms. The van der Waals surface area contributed by atoms with Crippen LogP contribution in [0.2, 0.25) is 0 Å². The predicted octanol–water partition coefficient (Wildman–Crippen LogP) is 3.57. The molecule has 3 aromatic rings. The number of aryl methyl sites for hydroxylation is 2. The van der Waals surface area contributed by atoms with Crippen molar-refractivity contribution in [2.24, 2.45) is 0 Å². The van der Waals surface area contributed by atoms with Gasteiger partial charge in [0.15, 0.2) is 0 Å². The first-order valence-electron chi connectivity index (χ1n) is 11.5. The van der Waals surface area contributed by atoms with E-state index in [1.807, 2.05) is 52.2 Å².